The Labute approximate surface area is 171 Å². The molecule has 0 aromatic heterocycles. The molecule has 0 saturated carbocycles. The molecule has 0 saturated heterocycles. The third-order valence-corrected chi connectivity index (χ3v) is 5.24. The summed E-state index contributed by atoms with van der Waals surface area (Å²) < 4.78 is 5.72. The van der Waals surface area contributed by atoms with Crippen LogP contribution in [0.15, 0.2) is 83.8 Å². The van der Waals surface area contributed by atoms with E-state index >= 15 is 0 Å². The van der Waals surface area contributed by atoms with Crippen molar-refractivity contribution >= 4 is 17.7 Å². The Morgan fingerprint density at radius 3 is 2.43 bits per heavy atom. The molecule has 4 heteroatoms. The van der Waals surface area contributed by atoms with Gasteiger partial charge in [0.25, 0.3) is 5.91 Å². The highest BCUT2D eigenvalue weighted by molar-refractivity contribution is 7.98. The van der Waals surface area contributed by atoms with Crippen molar-refractivity contribution in [1.29, 1.82) is 0 Å². The van der Waals surface area contributed by atoms with Gasteiger partial charge >= 0.3 is 0 Å². The number of carbonyl (C=O) groups is 1. The fourth-order valence-electron chi connectivity index (χ4n) is 2.79. The molecule has 0 unspecified atom stereocenters. The number of benzene rings is 3. The highest BCUT2D eigenvalue weighted by Crippen LogP contribution is 2.26. The van der Waals surface area contributed by atoms with Crippen molar-refractivity contribution in [3.63, 3.8) is 0 Å². The minimum Gasteiger partial charge on any atom is -0.491 e. The van der Waals surface area contributed by atoms with Crippen molar-refractivity contribution < 1.29 is 9.53 Å². The van der Waals surface area contributed by atoms with Crippen LogP contribution in [0.1, 0.15) is 35.3 Å². The van der Waals surface area contributed by atoms with Gasteiger partial charge in [-0.3, -0.25) is 4.79 Å². The van der Waals surface area contributed by atoms with E-state index in [1.165, 1.54) is 5.56 Å². The van der Waals surface area contributed by atoms with E-state index in [1.807, 2.05) is 80.6 Å². The van der Waals surface area contributed by atoms with E-state index in [4.69, 9.17) is 4.74 Å². The number of ether oxygens (including phenoxy) is 1. The van der Waals surface area contributed by atoms with E-state index in [0.29, 0.717) is 12.1 Å². The molecule has 3 nitrogen and oxygen atoms in total. The topological polar surface area (TPSA) is 38.3 Å². The first kappa shape index (κ1) is 20.0. The third kappa shape index (κ3) is 5.89. The van der Waals surface area contributed by atoms with Crippen LogP contribution in [0.5, 0.6) is 5.75 Å². The molecule has 1 amide bonds. The van der Waals surface area contributed by atoms with Gasteiger partial charge in [-0.25, -0.2) is 0 Å². The molecular formula is C24H25NO2S. The van der Waals surface area contributed by atoms with E-state index in [2.05, 4.69) is 17.4 Å². The second kappa shape index (κ2) is 10.00. The number of amides is 1. The number of nitrogens with one attached hydrogen (secondary N) is 1. The Hall–Kier alpha value is -2.72. The zero-order chi connectivity index (χ0) is 19.8. The van der Waals surface area contributed by atoms with E-state index in [1.54, 1.807) is 11.8 Å². The zero-order valence-corrected chi connectivity index (χ0v) is 17.0. The Kier molecular flexibility index (Phi) is 7.15. The monoisotopic (exact) mass is 391 g/mol. The number of carbonyl (C=O) groups excluding carboxylic acids is 1. The van der Waals surface area contributed by atoms with Crippen LogP contribution in [0.25, 0.3) is 0 Å². The minimum atomic E-state index is -0.0636. The molecule has 0 aliphatic rings. The molecule has 0 atom stereocenters. The highest BCUT2D eigenvalue weighted by Gasteiger charge is 2.11. The molecule has 0 spiro atoms. The van der Waals surface area contributed by atoms with Gasteiger partial charge in [0.1, 0.15) is 5.75 Å². The van der Waals surface area contributed by atoms with Gasteiger partial charge in [-0.15, -0.1) is 11.8 Å². The maximum atomic E-state index is 12.8. The summed E-state index contributed by atoms with van der Waals surface area (Å²) in [4.78, 5) is 13.7. The molecule has 3 aromatic carbocycles. The zero-order valence-electron chi connectivity index (χ0n) is 16.2. The van der Waals surface area contributed by atoms with Gasteiger partial charge in [-0.1, -0.05) is 54.6 Å². The molecule has 0 heterocycles. The smallest absolute Gasteiger partial charge is 0.252 e. The number of hydrogen-bond acceptors (Lipinski definition) is 3. The van der Waals surface area contributed by atoms with Crippen molar-refractivity contribution in [2.45, 2.75) is 37.1 Å². The lowest BCUT2D eigenvalue weighted by Crippen LogP contribution is -2.23. The molecule has 3 aromatic rings. The third-order valence-electron chi connectivity index (χ3n) is 4.09. The van der Waals surface area contributed by atoms with Gasteiger partial charge in [0.05, 0.1) is 11.7 Å². The van der Waals surface area contributed by atoms with Crippen molar-refractivity contribution in [2.24, 2.45) is 0 Å². The minimum absolute atomic E-state index is 0.0636. The lowest BCUT2D eigenvalue weighted by molar-refractivity contribution is 0.0948. The summed E-state index contributed by atoms with van der Waals surface area (Å²) in [7, 11) is 0. The van der Waals surface area contributed by atoms with E-state index in [-0.39, 0.29) is 12.0 Å². The van der Waals surface area contributed by atoms with E-state index in [9.17, 15) is 4.79 Å². The van der Waals surface area contributed by atoms with Crippen LogP contribution in [0, 0.1) is 0 Å². The maximum Gasteiger partial charge on any atom is 0.252 e. The second-order valence-electron chi connectivity index (χ2n) is 6.77. The van der Waals surface area contributed by atoms with Gasteiger partial charge in [0.2, 0.25) is 0 Å². The molecule has 0 bridgehead atoms. The molecule has 0 radical (unpaired) electrons. The Bertz CT molecular complexity index is 909. The quantitative estimate of drug-likeness (QED) is 0.501. The van der Waals surface area contributed by atoms with Crippen LogP contribution in [-0.2, 0) is 12.3 Å². The number of hydrogen-bond donors (Lipinski definition) is 1. The predicted molar refractivity (Wildman–Crippen MR) is 116 cm³/mol. The van der Waals surface area contributed by atoms with E-state index in [0.717, 1.165) is 22.0 Å². The predicted octanol–water partition coefficient (Wildman–Crippen LogP) is 5.70. The first-order chi connectivity index (χ1) is 13.6. The fraction of sp³-hybridized carbons (Fsp3) is 0.208. The van der Waals surface area contributed by atoms with Gasteiger partial charge in [0, 0.05) is 17.2 Å². The van der Waals surface area contributed by atoms with Gasteiger partial charge < -0.3 is 10.1 Å². The summed E-state index contributed by atoms with van der Waals surface area (Å²) in [6.45, 7) is 4.46. The molecule has 144 valence electrons. The van der Waals surface area contributed by atoms with Crippen LogP contribution >= 0.6 is 11.8 Å². The standard InChI is InChI=1S/C24H25NO2S/c1-18(2)27-21-12-8-11-20(15-21)16-25-24(26)22-13-6-7-14-23(22)28-17-19-9-4-3-5-10-19/h3-15,18H,16-17H2,1-2H3,(H,25,26). The largest absolute Gasteiger partial charge is 0.491 e. The van der Waals surface area contributed by atoms with Crippen LogP contribution in [0.2, 0.25) is 0 Å². The molecule has 0 fully saturated rings. The first-order valence-corrected chi connectivity index (χ1v) is 10.4. The molecular weight excluding hydrogens is 366 g/mol. The molecule has 0 aliphatic carbocycles. The maximum absolute atomic E-state index is 12.8. The van der Waals surface area contributed by atoms with Crippen molar-refractivity contribution in [3.05, 3.63) is 95.6 Å². The van der Waals surface area contributed by atoms with Crippen LogP contribution in [0.3, 0.4) is 0 Å². The summed E-state index contributed by atoms with van der Waals surface area (Å²) in [6.07, 6.45) is 0.123. The van der Waals surface area contributed by atoms with Crippen LogP contribution < -0.4 is 10.1 Å². The lowest BCUT2D eigenvalue weighted by atomic mass is 10.2. The average molecular weight is 392 g/mol. The van der Waals surface area contributed by atoms with E-state index < -0.39 is 0 Å². The number of thioether (sulfide) groups is 1. The Morgan fingerprint density at radius 2 is 1.64 bits per heavy atom. The fourth-order valence-corrected chi connectivity index (χ4v) is 3.80. The summed E-state index contributed by atoms with van der Waals surface area (Å²) in [5.74, 6) is 1.59. The lowest BCUT2D eigenvalue weighted by Gasteiger charge is -2.12. The summed E-state index contributed by atoms with van der Waals surface area (Å²) in [6, 6.07) is 25.9. The van der Waals surface area contributed by atoms with Gasteiger partial charge in [-0.05, 0) is 49.2 Å². The van der Waals surface area contributed by atoms with Crippen molar-refractivity contribution in [2.75, 3.05) is 0 Å². The average Bonchev–Trinajstić information content (AvgIpc) is 2.71. The second-order valence-corrected chi connectivity index (χ2v) is 7.78. The molecule has 0 aliphatic heterocycles. The first-order valence-electron chi connectivity index (χ1n) is 9.41. The highest BCUT2D eigenvalue weighted by atomic mass is 32.2. The molecule has 28 heavy (non-hydrogen) atoms. The normalized spacial score (nSPS) is 10.7. The van der Waals surface area contributed by atoms with Crippen LogP contribution in [-0.4, -0.2) is 12.0 Å². The van der Waals surface area contributed by atoms with Crippen molar-refractivity contribution in [1.82, 2.24) is 5.32 Å². The van der Waals surface area contributed by atoms with Gasteiger partial charge in [-0.2, -0.15) is 0 Å². The molecule has 1 N–H and O–H groups in total. The summed E-state index contributed by atoms with van der Waals surface area (Å²) in [5.41, 5.74) is 2.96. The molecule has 3 rings (SSSR count). The Balaban J connectivity index is 1.63. The van der Waals surface area contributed by atoms with Crippen LogP contribution in [0.4, 0.5) is 0 Å². The Morgan fingerprint density at radius 1 is 0.929 bits per heavy atom. The van der Waals surface area contributed by atoms with Crippen molar-refractivity contribution in [3.8, 4) is 5.75 Å². The SMILES string of the molecule is CC(C)Oc1cccc(CNC(=O)c2ccccc2SCc2ccccc2)c1. The summed E-state index contributed by atoms with van der Waals surface area (Å²) in [5, 5.41) is 3.03. The number of rotatable bonds is 8. The van der Waals surface area contributed by atoms with Gasteiger partial charge in [0.15, 0.2) is 0 Å². The summed E-state index contributed by atoms with van der Waals surface area (Å²) >= 11 is 1.68.